The fourth-order valence-corrected chi connectivity index (χ4v) is 3.36. The van der Waals surface area contributed by atoms with Crippen LogP contribution < -0.4 is 5.32 Å². The predicted molar refractivity (Wildman–Crippen MR) is 85.7 cm³/mol. The van der Waals surface area contributed by atoms with Gasteiger partial charge in [0.15, 0.2) is 0 Å². The van der Waals surface area contributed by atoms with Crippen molar-refractivity contribution in [2.75, 3.05) is 26.2 Å². The minimum atomic E-state index is 0.809. The topological polar surface area (TPSA) is 15.3 Å². The highest BCUT2D eigenvalue weighted by Gasteiger charge is 2.26. The molecule has 2 nitrogen and oxygen atoms in total. The molecule has 1 N–H and O–H groups in total. The zero-order chi connectivity index (χ0) is 13.9. The molecule has 0 amide bonds. The van der Waals surface area contributed by atoms with Gasteiger partial charge in [-0.05, 0) is 64.2 Å². The van der Waals surface area contributed by atoms with E-state index in [9.17, 15) is 0 Å². The van der Waals surface area contributed by atoms with Crippen molar-refractivity contribution in [2.24, 2.45) is 5.92 Å². The Hall–Kier alpha value is -0.0800. The summed E-state index contributed by atoms with van der Waals surface area (Å²) in [7, 11) is 0. The van der Waals surface area contributed by atoms with Crippen LogP contribution in [0.5, 0.6) is 0 Å². The highest BCUT2D eigenvalue weighted by Crippen LogP contribution is 2.28. The van der Waals surface area contributed by atoms with Crippen molar-refractivity contribution in [1.82, 2.24) is 10.2 Å². The van der Waals surface area contributed by atoms with Gasteiger partial charge in [-0.15, -0.1) is 0 Å². The molecule has 1 saturated carbocycles. The molecule has 0 aliphatic heterocycles. The van der Waals surface area contributed by atoms with Gasteiger partial charge in [-0.2, -0.15) is 0 Å². The molecule has 0 bridgehead atoms. The first-order chi connectivity index (χ1) is 9.31. The van der Waals surface area contributed by atoms with Crippen molar-refractivity contribution in [2.45, 2.75) is 78.2 Å². The molecule has 0 spiro atoms. The Bertz CT molecular complexity index is 197. The van der Waals surface area contributed by atoms with E-state index >= 15 is 0 Å². The lowest BCUT2D eigenvalue weighted by Crippen LogP contribution is -2.35. The van der Waals surface area contributed by atoms with E-state index in [0.717, 1.165) is 18.5 Å². The lowest BCUT2D eigenvalue weighted by Gasteiger charge is -2.26. The molecule has 1 rings (SSSR count). The van der Waals surface area contributed by atoms with Crippen molar-refractivity contribution in [1.29, 1.82) is 0 Å². The summed E-state index contributed by atoms with van der Waals surface area (Å²) in [5.41, 5.74) is 0. The molecule has 114 valence electrons. The Kier molecular flexibility index (Phi) is 9.54. The van der Waals surface area contributed by atoms with E-state index in [4.69, 9.17) is 0 Å². The van der Waals surface area contributed by atoms with Crippen molar-refractivity contribution >= 4 is 0 Å². The molecule has 19 heavy (non-hydrogen) atoms. The second kappa shape index (κ2) is 10.7. The maximum atomic E-state index is 3.69. The number of rotatable bonds is 11. The molecule has 2 unspecified atom stereocenters. The monoisotopic (exact) mass is 268 g/mol. The second-order valence-corrected chi connectivity index (χ2v) is 6.19. The number of hydrogen-bond donors (Lipinski definition) is 1. The van der Waals surface area contributed by atoms with Gasteiger partial charge in [0.2, 0.25) is 0 Å². The first-order valence-corrected chi connectivity index (χ1v) is 8.77. The first kappa shape index (κ1) is 17.0. The van der Waals surface area contributed by atoms with Gasteiger partial charge < -0.3 is 10.2 Å². The van der Waals surface area contributed by atoms with Gasteiger partial charge in [0.1, 0.15) is 0 Å². The van der Waals surface area contributed by atoms with Crippen molar-refractivity contribution in [3.63, 3.8) is 0 Å². The predicted octanol–water partition coefficient (Wildman–Crippen LogP) is 4.06. The van der Waals surface area contributed by atoms with Crippen LogP contribution in [0.1, 0.15) is 72.1 Å². The highest BCUT2D eigenvalue weighted by molar-refractivity contribution is 4.83. The van der Waals surface area contributed by atoms with Gasteiger partial charge in [0.05, 0.1) is 0 Å². The van der Waals surface area contributed by atoms with E-state index in [2.05, 4.69) is 31.0 Å². The van der Waals surface area contributed by atoms with Crippen LogP contribution in [0.15, 0.2) is 0 Å². The Labute approximate surface area is 121 Å². The van der Waals surface area contributed by atoms with Crippen molar-refractivity contribution in [3.8, 4) is 0 Å². The van der Waals surface area contributed by atoms with Gasteiger partial charge in [0, 0.05) is 6.04 Å². The van der Waals surface area contributed by atoms with Crippen LogP contribution >= 0.6 is 0 Å². The summed E-state index contributed by atoms with van der Waals surface area (Å²) in [6, 6.07) is 0.809. The lowest BCUT2D eigenvalue weighted by atomic mass is 9.99. The van der Waals surface area contributed by atoms with Crippen molar-refractivity contribution in [3.05, 3.63) is 0 Å². The minimum absolute atomic E-state index is 0.809. The Morgan fingerprint density at radius 2 is 1.63 bits per heavy atom. The smallest absolute Gasteiger partial charge is 0.00956 e. The molecule has 0 saturated heterocycles. The fraction of sp³-hybridized carbons (Fsp3) is 1.00. The Balaban J connectivity index is 2.28. The van der Waals surface area contributed by atoms with Crippen LogP contribution in [0.25, 0.3) is 0 Å². The van der Waals surface area contributed by atoms with E-state index in [1.54, 1.807) is 0 Å². The molecule has 2 atom stereocenters. The minimum Gasteiger partial charge on any atom is -0.314 e. The van der Waals surface area contributed by atoms with E-state index in [1.807, 2.05) is 0 Å². The molecule has 0 heterocycles. The van der Waals surface area contributed by atoms with E-state index in [0.29, 0.717) is 0 Å². The molecular weight excluding hydrogens is 232 g/mol. The molecular formula is C17H36N2. The average molecular weight is 268 g/mol. The molecule has 0 aromatic rings. The Morgan fingerprint density at radius 1 is 0.947 bits per heavy atom. The van der Waals surface area contributed by atoms with Gasteiger partial charge in [-0.25, -0.2) is 0 Å². The fourth-order valence-electron chi connectivity index (χ4n) is 3.36. The number of unbranched alkanes of at least 4 members (excludes halogenated alkanes) is 2. The van der Waals surface area contributed by atoms with Crippen LogP contribution in [-0.2, 0) is 0 Å². The summed E-state index contributed by atoms with van der Waals surface area (Å²) in [5.74, 6) is 0.936. The summed E-state index contributed by atoms with van der Waals surface area (Å²) >= 11 is 0. The van der Waals surface area contributed by atoms with E-state index < -0.39 is 0 Å². The third-order valence-corrected chi connectivity index (χ3v) is 4.60. The molecule has 0 aromatic heterocycles. The van der Waals surface area contributed by atoms with Crippen LogP contribution in [0.3, 0.4) is 0 Å². The average Bonchev–Trinajstić information content (AvgIpc) is 2.86. The third-order valence-electron chi connectivity index (χ3n) is 4.60. The zero-order valence-corrected chi connectivity index (χ0v) is 13.6. The Morgan fingerprint density at radius 3 is 2.21 bits per heavy atom. The second-order valence-electron chi connectivity index (χ2n) is 6.19. The zero-order valence-electron chi connectivity index (χ0n) is 13.6. The molecule has 2 heteroatoms. The number of hydrogen-bond acceptors (Lipinski definition) is 2. The molecule has 1 fully saturated rings. The van der Waals surface area contributed by atoms with E-state index in [1.165, 1.54) is 71.0 Å². The molecule has 1 aliphatic carbocycles. The van der Waals surface area contributed by atoms with Crippen molar-refractivity contribution < 1.29 is 0 Å². The lowest BCUT2D eigenvalue weighted by molar-refractivity contribution is 0.235. The maximum Gasteiger partial charge on any atom is 0.00956 e. The highest BCUT2D eigenvalue weighted by atomic mass is 15.1. The maximum absolute atomic E-state index is 3.69. The van der Waals surface area contributed by atoms with Gasteiger partial charge in [-0.3, -0.25) is 0 Å². The van der Waals surface area contributed by atoms with Crippen LogP contribution in [0.4, 0.5) is 0 Å². The summed E-state index contributed by atoms with van der Waals surface area (Å²) in [5, 5.41) is 3.69. The summed E-state index contributed by atoms with van der Waals surface area (Å²) in [6.07, 6.45) is 11.1. The SMILES string of the molecule is CCCCN(CCCC)CCC1CCCC1NCC. The first-order valence-electron chi connectivity index (χ1n) is 8.77. The standard InChI is InChI=1S/C17H36N2/c1-4-7-13-19(14-8-5-2)15-12-16-10-9-11-17(16)18-6-3/h16-18H,4-15H2,1-3H3. The number of nitrogens with one attached hydrogen (secondary N) is 1. The van der Waals surface area contributed by atoms with Crippen LogP contribution in [0.2, 0.25) is 0 Å². The number of nitrogens with zero attached hydrogens (tertiary/aromatic N) is 1. The molecule has 0 aromatic carbocycles. The molecule has 1 aliphatic rings. The normalized spacial score (nSPS) is 23.4. The van der Waals surface area contributed by atoms with Crippen LogP contribution in [-0.4, -0.2) is 37.1 Å². The van der Waals surface area contributed by atoms with Gasteiger partial charge in [-0.1, -0.05) is 40.0 Å². The molecule has 0 radical (unpaired) electrons. The summed E-state index contributed by atoms with van der Waals surface area (Å²) in [4.78, 5) is 2.72. The largest absolute Gasteiger partial charge is 0.314 e. The summed E-state index contributed by atoms with van der Waals surface area (Å²) in [6.45, 7) is 11.9. The van der Waals surface area contributed by atoms with E-state index in [-0.39, 0.29) is 0 Å². The quantitative estimate of drug-likeness (QED) is 0.608. The summed E-state index contributed by atoms with van der Waals surface area (Å²) < 4.78 is 0. The van der Waals surface area contributed by atoms with Gasteiger partial charge >= 0.3 is 0 Å². The van der Waals surface area contributed by atoms with Crippen LogP contribution in [0, 0.1) is 5.92 Å². The van der Waals surface area contributed by atoms with Gasteiger partial charge in [0.25, 0.3) is 0 Å². The third kappa shape index (κ3) is 6.76.